The molecule has 3 aromatic rings. The molecule has 15 heteroatoms. The van der Waals surface area contributed by atoms with Crippen LogP contribution in [0.15, 0.2) is 30.6 Å². The van der Waals surface area contributed by atoms with Crippen molar-refractivity contribution in [3.8, 4) is 11.4 Å². The van der Waals surface area contributed by atoms with Gasteiger partial charge in [0.05, 0.1) is 30.8 Å². The van der Waals surface area contributed by atoms with Crippen LogP contribution in [-0.2, 0) is 13.2 Å². The monoisotopic (exact) mass is 530 g/mol. The van der Waals surface area contributed by atoms with Crippen LogP contribution in [0.3, 0.4) is 0 Å². The van der Waals surface area contributed by atoms with Gasteiger partial charge in [0.15, 0.2) is 0 Å². The smallest absolute Gasteiger partial charge is 0.352 e. The summed E-state index contributed by atoms with van der Waals surface area (Å²) in [7, 11) is 1.53. The summed E-state index contributed by atoms with van der Waals surface area (Å²) in [6.07, 6.45) is -3.85. The fraction of sp³-hybridized carbons (Fsp3) is 0.429. The van der Waals surface area contributed by atoms with Gasteiger partial charge in [-0.2, -0.15) is 18.0 Å². The SMILES string of the molecule is CC1CC(F)(F)CN(C(=O)c2cc(Cl)ccc2-c2nnn(C)n2)C1CNc1ncc(C(F)(F)F)cn1. The maximum absolute atomic E-state index is 14.6. The molecule has 1 aliphatic heterocycles. The lowest BCUT2D eigenvalue weighted by Crippen LogP contribution is -2.57. The summed E-state index contributed by atoms with van der Waals surface area (Å²) < 4.78 is 67.4. The van der Waals surface area contributed by atoms with Crippen LogP contribution < -0.4 is 5.32 Å². The van der Waals surface area contributed by atoms with E-state index in [9.17, 15) is 26.7 Å². The van der Waals surface area contributed by atoms with Crippen LogP contribution in [0.2, 0.25) is 5.02 Å². The maximum Gasteiger partial charge on any atom is 0.419 e. The largest absolute Gasteiger partial charge is 0.419 e. The number of nitrogens with zero attached hydrogens (tertiary/aromatic N) is 7. The Bertz CT molecular complexity index is 1250. The molecule has 2 atom stereocenters. The molecule has 2 aromatic heterocycles. The van der Waals surface area contributed by atoms with Crippen molar-refractivity contribution in [2.45, 2.75) is 31.5 Å². The molecule has 0 aliphatic carbocycles. The molecule has 1 N–H and O–H groups in total. The lowest BCUT2D eigenvalue weighted by atomic mass is 9.87. The van der Waals surface area contributed by atoms with Crippen molar-refractivity contribution in [3.63, 3.8) is 0 Å². The highest BCUT2D eigenvalue weighted by Crippen LogP contribution is 2.36. The first-order valence-electron chi connectivity index (χ1n) is 10.7. The van der Waals surface area contributed by atoms with Gasteiger partial charge in [0, 0.05) is 35.9 Å². The van der Waals surface area contributed by atoms with E-state index in [-0.39, 0.29) is 34.5 Å². The Labute approximate surface area is 206 Å². The lowest BCUT2D eigenvalue weighted by Gasteiger charge is -2.43. The summed E-state index contributed by atoms with van der Waals surface area (Å²) in [6.45, 7) is 0.625. The van der Waals surface area contributed by atoms with Gasteiger partial charge in [0.1, 0.15) is 0 Å². The Hall–Kier alpha value is -3.42. The molecule has 0 bridgehead atoms. The summed E-state index contributed by atoms with van der Waals surface area (Å²) in [5.74, 6) is -4.57. The third kappa shape index (κ3) is 5.53. The normalized spacial score (nSPS) is 19.8. The van der Waals surface area contributed by atoms with Crippen molar-refractivity contribution in [2.75, 3.05) is 18.4 Å². The van der Waals surface area contributed by atoms with Crippen LogP contribution in [0.4, 0.5) is 27.9 Å². The topological polar surface area (TPSA) is 102 Å². The zero-order valence-electron chi connectivity index (χ0n) is 19.0. The number of halogens is 6. The number of tetrazole rings is 1. The molecule has 1 saturated heterocycles. The molecular weight excluding hydrogens is 511 g/mol. The molecule has 1 amide bonds. The van der Waals surface area contributed by atoms with E-state index < -0.39 is 48.5 Å². The Morgan fingerprint density at radius 3 is 2.56 bits per heavy atom. The van der Waals surface area contributed by atoms with Crippen molar-refractivity contribution in [1.29, 1.82) is 0 Å². The summed E-state index contributed by atoms with van der Waals surface area (Å²) in [4.78, 5) is 23.1. The fourth-order valence-electron chi connectivity index (χ4n) is 4.08. The zero-order chi connectivity index (χ0) is 26.3. The van der Waals surface area contributed by atoms with Crippen molar-refractivity contribution in [1.82, 2.24) is 35.1 Å². The van der Waals surface area contributed by atoms with Gasteiger partial charge in [-0.05, 0) is 29.3 Å². The van der Waals surface area contributed by atoms with E-state index in [0.717, 1.165) is 4.90 Å². The third-order valence-corrected chi connectivity index (χ3v) is 5.99. The minimum Gasteiger partial charge on any atom is -0.352 e. The van der Waals surface area contributed by atoms with E-state index in [2.05, 4.69) is 30.7 Å². The molecule has 9 nitrogen and oxygen atoms in total. The van der Waals surface area contributed by atoms with Crippen LogP contribution in [-0.4, -0.2) is 66.0 Å². The molecule has 0 radical (unpaired) electrons. The molecule has 3 heterocycles. The van der Waals surface area contributed by atoms with Gasteiger partial charge in [-0.1, -0.05) is 18.5 Å². The summed E-state index contributed by atoms with van der Waals surface area (Å²) in [5.41, 5.74) is -0.755. The van der Waals surface area contributed by atoms with Gasteiger partial charge < -0.3 is 10.2 Å². The second kappa shape index (κ2) is 9.56. The van der Waals surface area contributed by atoms with Crippen LogP contribution >= 0.6 is 11.6 Å². The molecular formula is C21H20ClF5N8O. The minimum atomic E-state index is -4.60. The fourth-order valence-corrected chi connectivity index (χ4v) is 4.25. The Kier molecular flexibility index (Phi) is 6.82. The van der Waals surface area contributed by atoms with Gasteiger partial charge in [0.2, 0.25) is 11.8 Å². The number of amides is 1. The van der Waals surface area contributed by atoms with Crippen LogP contribution in [0, 0.1) is 5.92 Å². The number of likely N-dealkylation sites (tertiary alicyclic amines) is 1. The first kappa shape index (κ1) is 25.7. The van der Waals surface area contributed by atoms with Crippen molar-refractivity contribution >= 4 is 23.5 Å². The second-order valence-electron chi connectivity index (χ2n) is 8.50. The zero-order valence-corrected chi connectivity index (χ0v) is 19.7. The number of hydrogen-bond donors (Lipinski definition) is 1. The van der Waals surface area contributed by atoms with E-state index in [0.29, 0.717) is 12.4 Å². The van der Waals surface area contributed by atoms with Crippen LogP contribution in [0.25, 0.3) is 11.4 Å². The number of aromatic nitrogens is 6. The predicted molar refractivity (Wildman–Crippen MR) is 118 cm³/mol. The first-order valence-corrected chi connectivity index (χ1v) is 11.1. The number of nitrogens with one attached hydrogen (secondary N) is 1. The van der Waals surface area contributed by atoms with Gasteiger partial charge in [-0.3, -0.25) is 4.79 Å². The number of piperidine rings is 1. The average Bonchev–Trinajstić information content (AvgIpc) is 3.22. The first-order chi connectivity index (χ1) is 16.8. The minimum absolute atomic E-state index is 0.0104. The summed E-state index contributed by atoms with van der Waals surface area (Å²) in [5, 5.41) is 14.7. The number of carbonyl (C=O) groups excluding carboxylic acids is 1. The molecule has 1 aliphatic rings. The molecule has 1 aromatic carbocycles. The molecule has 1 fully saturated rings. The number of aryl methyl sites for hydroxylation is 1. The van der Waals surface area contributed by atoms with Crippen LogP contribution in [0.1, 0.15) is 29.3 Å². The number of alkyl halides is 5. The van der Waals surface area contributed by atoms with E-state index in [1.54, 1.807) is 6.92 Å². The highest BCUT2D eigenvalue weighted by molar-refractivity contribution is 6.31. The number of rotatable bonds is 5. The molecule has 0 saturated carbocycles. The van der Waals surface area contributed by atoms with Gasteiger partial charge in [-0.25, -0.2) is 18.7 Å². The number of carbonyl (C=O) groups is 1. The molecule has 0 spiro atoms. The van der Waals surface area contributed by atoms with Crippen molar-refractivity contribution in [2.24, 2.45) is 13.0 Å². The van der Waals surface area contributed by atoms with E-state index in [4.69, 9.17) is 11.6 Å². The average molecular weight is 531 g/mol. The van der Waals surface area contributed by atoms with Crippen LogP contribution in [0.5, 0.6) is 0 Å². The predicted octanol–water partition coefficient (Wildman–Crippen LogP) is 3.94. The second-order valence-corrected chi connectivity index (χ2v) is 8.94. The highest BCUT2D eigenvalue weighted by atomic mass is 35.5. The lowest BCUT2D eigenvalue weighted by molar-refractivity contribution is -0.138. The Balaban J connectivity index is 1.63. The third-order valence-electron chi connectivity index (χ3n) is 5.75. The van der Waals surface area contributed by atoms with Crippen molar-refractivity contribution < 1.29 is 26.7 Å². The molecule has 2 unspecified atom stereocenters. The summed E-state index contributed by atoms with van der Waals surface area (Å²) >= 11 is 6.11. The molecule has 4 rings (SSSR count). The van der Waals surface area contributed by atoms with Gasteiger partial charge in [-0.15, -0.1) is 10.2 Å². The number of benzene rings is 1. The van der Waals surface area contributed by atoms with Crippen molar-refractivity contribution in [3.05, 3.63) is 46.7 Å². The molecule has 36 heavy (non-hydrogen) atoms. The number of anilines is 1. The Morgan fingerprint density at radius 2 is 1.94 bits per heavy atom. The number of hydrogen-bond acceptors (Lipinski definition) is 7. The van der Waals surface area contributed by atoms with E-state index in [1.807, 2.05) is 0 Å². The summed E-state index contributed by atoms with van der Waals surface area (Å²) in [6, 6.07) is 3.60. The highest BCUT2D eigenvalue weighted by Gasteiger charge is 2.46. The quantitative estimate of drug-likeness (QED) is 0.499. The van der Waals surface area contributed by atoms with Gasteiger partial charge >= 0.3 is 6.18 Å². The molecule has 192 valence electrons. The van der Waals surface area contributed by atoms with E-state index in [1.165, 1.54) is 30.0 Å². The standard InChI is InChI=1S/C21H20ClF5N8O/c1-11-6-20(23,24)10-35(16(11)9-30-19-28-7-12(8-29-19)21(25,26)27)18(36)15-5-13(22)3-4-14(15)17-31-33-34(2)32-17/h3-5,7-8,11,16H,6,9-10H2,1-2H3,(H,28,29,30). The van der Waals surface area contributed by atoms with Gasteiger partial charge in [0.25, 0.3) is 11.8 Å². The van der Waals surface area contributed by atoms with E-state index >= 15 is 0 Å². The Morgan fingerprint density at radius 1 is 1.25 bits per heavy atom. The maximum atomic E-state index is 14.6.